The molecular weight excluding hydrogens is 194 g/mol. The maximum atomic E-state index is 10.8. The number of hydrogen-bond donors (Lipinski definition) is 3. The smallest absolute Gasteiger partial charge is 0.314 e. The van der Waals surface area contributed by atoms with E-state index in [4.69, 9.17) is 5.14 Å². The van der Waals surface area contributed by atoms with Gasteiger partial charge in [-0.2, -0.15) is 0 Å². The molecule has 13 heavy (non-hydrogen) atoms. The molecule has 0 fully saturated rings. The van der Waals surface area contributed by atoms with E-state index in [1.54, 1.807) is 0 Å². The zero-order chi connectivity index (χ0) is 10.3. The fraction of sp³-hybridized carbons (Fsp3) is 0.833. The van der Waals surface area contributed by atoms with E-state index in [1.807, 2.05) is 6.92 Å². The Bertz CT molecular complexity index is 250. The van der Waals surface area contributed by atoms with Gasteiger partial charge in [0.25, 0.3) is 0 Å². The monoisotopic (exact) mass is 209 g/mol. The number of amides is 2. The van der Waals surface area contributed by atoms with Crippen LogP contribution in [-0.2, 0) is 10.0 Å². The summed E-state index contributed by atoms with van der Waals surface area (Å²) in [5, 5.41) is 9.62. The molecule has 78 valence electrons. The average molecular weight is 209 g/mol. The number of hydrogen-bond acceptors (Lipinski definition) is 3. The second kappa shape index (κ2) is 5.76. The molecule has 4 N–H and O–H groups in total. The van der Waals surface area contributed by atoms with Crippen LogP contribution in [0.5, 0.6) is 0 Å². The van der Waals surface area contributed by atoms with Crippen molar-refractivity contribution >= 4 is 16.1 Å². The minimum Gasteiger partial charge on any atom is -0.338 e. The Morgan fingerprint density at radius 3 is 2.31 bits per heavy atom. The first-order chi connectivity index (χ1) is 5.95. The summed E-state index contributed by atoms with van der Waals surface area (Å²) < 4.78 is 20.9. The zero-order valence-corrected chi connectivity index (χ0v) is 8.36. The predicted molar refractivity (Wildman–Crippen MR) is 49.7 cm³/mol. The van der Waals surface area contributed by atoms with Crippen LogP contribution in [0.25, 0.3) is 0 Å². The minimum atomic E-state index is -3.48. The van der Waals surface area contributed by atoms with Gasteiger partial charge in [0.1, 0.15) is 0 Å². The maximum Gasteiger partial charge on any atom is 0.314 e. The van der Waals surface area contributed by atoms with Gasteiger partial charge in [0, 0.05) is 13.1 Å². The Kier molecular flexibility index (Phi) is 5.40. The molecule has 0 heterocycles. The van der Waals surface area contributed by atoms with Gasteiger partial charge in [-0.15, -0.1) is 0 Å². The van der Waals surface area contributed by atoms with Crippen molar-refractivity contribution < 1.29 is 13.2 Å². The molecule has 0 unspecified atom stereocenters. The zero-order valence-electron chi connectivity index (χ0n) is 7.54. The van der Waals surface area contributed by atoms with E-state index in [2.05, 4.69) is 10.6 Å². The number of nitrogens with two attached hydrogens (primary N) is 1. The molecule has 0 rings (SSSR count). The number of rotatable bonds is 5. The number of primary sulfonamides is 1. The van der Waals surface area contributed by atoms with Crippen molar-refractivity contribution in [1.29, 1.82) is 0 Å². The van der Waals surface area contributed by atoms with Crippen molar-refractivity contribution in [2.24, 2.45) is 5.14 Å². The van der Waals surface area contributed by atoms with E-state index >= 15 is 0 Å². The van der Waals surface area contributed by atoms with Crippen LogP contribution in [0.4, 0.5) is 4.79 Å². The highest BCUT2D eigenvalue weighted by Crippen LogP contribution is 1.75. The number of carbonyl (C=O) groups is 1. The second-order valence-corrected chi connectivity index (χ2v) is 4.28. The van der Waals surface area contributed by atoms with Gasteiger partial charge in [-0.1, -0.05) is 6.92 Å². The molecule has 0 radical (unpaired) electrons. The van der Waals surface area contributed by atoms with Gasteiger partial charge in [-0.25, -0.2) is 18.4 Å². The molecule has 7 heteroatoms. The summed E-state index contributed by atoms with van der Waals surface area (Å²) in [5.74, 6) is -0.244. The molecule has 0 aromatic heterocycles. The van der Waals surface area contributed by atoms with E-state index in [1.165, 1.54) is 0 Å². The van der Waals surface area contributed by atoms with Crippen LogP contribution in [0.15, 0.2) is 0 Å². The maximum absolute atomic E-state index is 10.8. The Morgan fingerprint density at radius 1 is 1.31 bits per heavy atom. The van der Waals surface area contributed by atoms with Crippen LogP contribution < -0.4 is 15.8 Å². The van der Waals surface area contributed by atoms with Crippen molar-refractivity contribution in [1.82, 2.24) is 10.6 Å². The SMILES string of the molecule is CCCNC(=O)NCCS(N)(=O)=O. The van der Waals surface area contributed by atoms with Crippen molar-refractivity contribution in [3.05, 3.63) is 0 Å². The Morgan fingerprint density at radius 2 is 1.85 bits per heavy atom. The van der Waals surface area contributed by atoms with E-state index in [-0.39, 0.29) is 18.3 Å². The number of urea groups is 1. The van der Waals surface area contributed by atoms with Gasteiger partial charge in [-0.3, -0.25) is 0 Å². The van der Waals surface area contributed by atoms with Gasteiger partial charge in [0.05, 0.1) is 5.75 Å². The Balaban J connectivity index is 3.49. The lowest BCUT2D eigenvalue weighted by atomic mass is 10.5. The molecular formula is C6H15N3O3S. The average Bonchev–Trinajstić information content (AvgIpc) is 1.98. The molecule has 0 spiro atoms. The van der Waals surface area contributed by atoms with Crippen LogP contribution in [0.3, 0.4) is 0 Å². The molecule has 6 nitrogen and oxygen atoms in total. The van der Waals surface area contributed by atoms with Crippen LogP contribution in [0.1, 0.15) is 13.3 Å². The summed E-state index contributed by atoms with van der Waals surface area (Å²) in [6.07, 6.45) is 0.836. The normalized spacial score (nSPS) is 10.9. The van der Waals surface area contributed by atoms with Gasteiger partial charge in [0.2, 0.25) is 10.0 Å². The fourth-order valence-corrected chi connectivity index (χ4v) is 0.994. The quantitative estimate of drug-likeness (QED) is 0.540. The fourth-order valence-electron chi connectivity index (χ4n) is 0.608. The first kappa shape index (κ1) is 12.2. The summed E-state index contributed by atoms with van der Waals surface area (Å²) in [5.41, 5.74) is 0. The van der Waals surface area contributed by atoms with Crippen molar-refractivity contribution in [2.45, 2.75) is 13.3 Å². The molecule has 0 aliphatic carbocycles. The third-order valence-electron chi connectivity index (χ3n) is 1.21. The molecule has 2 amide bonds. The van der Waals surface area contributed by atoms with Gasteiger partial charge in [-0.05, 0) is 6.42 Å². The third kappa shape index (κ3) is 9.09. The minimum absolute atomic E-state index is 0.0361. The lowest BCUT2D eigenvalue weighted by Crippen LogP contribution is -2.39. The number of nitrogens with one attached hydrogen (secondary N) is 2. The molecule has 0 saturated carbocycles. The van der Waals surface area contributed by atoms with Gasteiger partial charge < -0.3 is 10.6 Å². The molecule has 0 aliphatic heterocycles. The number of sulfonamides is 1. The summed E-state index contributed by atoms with van der Waals surface area (Å²) in [4.78, 5) is 10.8. The predicted octanol–water partition coefficient (Wildman–Crippen LogP) is -1.02. The highest BCUT2D eigenvalue weighted by atomic mass is 32.2. The Labute approximate surface area is 77.9 Å². The van der Waals surface area contributed by atoms with E-state index in [9.17, 15) is 13.2 Å². The second-order valence-electron chi connectivity index (χ2n) is 2.55. The van der Waals surface area contributed by atoms with Crippen LogP contribution in [-0.4, -0.2) is 33.3 Å². The lowest BCUT2D eigenvalue weighted by molar-refractivity contribution is 0.241. The summed E-state index contributed by atoms with van der Waals surface area (Å²) in [7, 11) is -3.48. The van der Waals surface area contributed by atoms with Crippen molar-refractivity contribution in [2.75, 3.05) is 18.8 Å². The topological polar surface area (TPSA) is 101 Å². The molecule has 0 saturated heterocycles. The van der Waals surface area contributed by atoms with Crippen LogP contribution >= 0.6 is 0 Å². The summed E-state index contributed by atoms with van der Waals surface area (Å²) >= 11 is 0. The first-order valence-electron chi connectivity index (χ1n) is 3.98. The van der Waals surface area contributed by atoms with Crippen LogP contribution in [0, 0.1) is 0 Å². The standard InChI is InChI=1S/C6H15N3O3S/c1-2-3-8-6(10)9-4-5-13(7,11)12/h2-5H2,1H3,(H2,7,11,12)(H2,8,9,10). The molecule has 0 aromatic carbocycles. The van der Waals surface area contributed by atoms with Gasteiger partial charge >= 0.3 is 6.03 Å². The van der Waals surface area contributed by atoms with Crippen molar-refractivity contribution in [3.8, 4) is 0 Å². The van der Waals surface area contributed by atoms with E-state index in [0.717, 1.165) is 6.42 Å². The van der Waals surface area contributed by atoms with Gasteiger partial charge in [0.15, 0.2) is 0 Å². The van der Waals surface area contributed by atoms with E-state index < -0.39 is 10.0 Å². The first-order valence-corrected chi connectivity index (χ1v) is 5.69. The van der Waals surface area contributed by atoms with Crippen molar-refractivity contribution in [3.63, 3.8) is 0 Å². The highest BCUT2D eigenvalue weighted by Gasteiger charge is 2.03. The molecule has 0 aliphatic rings. The third-order valence-corrected chi connectivity index (χ3v) is 1.98. The lowest BCUT2D eigenvalue weighted by Gasteiger charge is -2.04. The number of carbonyl (C=O) groups excluding carboxylic acids is 1. The van der Waals surface area contributed by atoms with E-state index in [0.29, 0.717) is 6.54 Å². The Hall–Kier alpha value is -0.820. The molecule has 0 bridgehead atoms. The highest BCUT2D eigenvalue weighted by molar-refractivity contribution is 7.89. The van der Waals surface area contributed by atoms with Crippen LogP contribution in [0.2, 0.25) is 0 Å². The summed E-state index contributed by atoms with van der Waals surface area (Å²) in [6, 6.07) is -0.370. The molecule has 0 atom stereocenters. The summed E-state index contributed by atoms with van der Waals surface area (Å²) in [6.45, 7) is 2.53. The molecule has 0 aromatic rings. The largest absolute Gasteiger partial charge is 0.338 e.